The highest BCUT2D eigenvalue weighted by molar-refractivity contribution is 5.92. The molecule has 0 fully saturated rings. The number of anilines is 1. The van der Waals surface area contributed by atoms with Gasteiger partial charge in [0.25, 0.3) is 5.95 Å². The number of nitrogens with zero attached hydrogens (tertiary/aromatic N) is 4. The van der Waals surface area contributed by atoms with Gasteiger partial charge in [-0.15, -0.1) is 0 Å². The first-order chi connectivity index (χ1) is 10.5. The van der Waals surface area contributed by atoms with Crippen LogP contribution in [-0.4, -0.2) is 39.2 Å². The zero-order valence-corrected chi connectivity index (χ0v) is 13.4. The fourth-order valence-electron chi connectivity index (χ4n) is 1.97. The van der Waals surface area contributed by atoms with Gasteiger partial charge in [0.2, 0.25) is 5.91 Å². The fraction of sp³-hybridized carbons (Fsp3) is 0.467. The van der Waals surface area contributed by atoms with E-state index in [4.69, 9.17) is 0 Å². The smallest absolute Gasteiger partial charge is 0.252 e. The minimum Gasteiger partial charge on any atom is -0.319 e. The Kier molecular flexibility index (Phi) is 5.21. The van der Waals surface area contributed by atoms with Crippen LogP contribution in [-0.2, 0) is 4.79 Å². The van der Waals surface area contributed by atoms with Crippen LogP contribution in [0.4, 0.5) is 5.82 Å². The normalized spacial score (nSPS) is 12.4. The third-order valence-electron chi connectivity index (χ3n) is 3.27. The summed E-state index contributed by atoms with van der Waals surface area (Å²) in [6.07, 6.45) is 3.29. The molecule has 118 valence electrons. The van der Waals surface area contributed by atoms with E-state index >= 15 is 0 Å². The van der Waals surface area contributed by atoms with E-state index in [-0.39, 0.29) is 17.7 Å². The van der Waals surface area contributed by atoms with Gasteiger partial charge in [-0.1, -0.05) is 20.8 Å². The number of carbonyl (C=O) groups is 1. The quantitative estimate of drug-likeness (QED) is 0.846. The van der Waals surface area contributed by atoms with Crippen LogP contribution in [0.3, 0.4) is 0 Å². The number of hydrogen-bond acceptors (Lipinski definition) is 5. The molecular formula is C15H22N6O. The van der Waals surface area contributed by atoms with Crippen molar-refractivity contribution in [3.05, 3.63) is 30.2 Å². The number of nitrogens with one attached hydrogen (secondary N) is 2. The minimum absolute atomic E-state index is 0.0678. The second-order valence-electron chi connectivity index (χ2n) is 5.52. The Balaban J connectivity index is 2.31. The Morgan fingerprint density at radius 1 is 1.27 bits per heavy atom. The molecule has 22 heavy (non-hydrogen) atoms. The molecule has 2 N–H and O–H groups in total. The molecule has 1 atom stereocenters. The van der Waals surface area contributed by atoms with Gasteiger partial charge in [-0.25, -0.2) is 9.97 Å². The van der Waals surface area contributed by atoms with E-state index in [2.05, 4.69) is 25.7 Å². The summed E-state index contributed by atoms with van der Waals surface area (Å²) in [6.45, 7) is 6.58. The largest absolute Gasteiger partial charge is 0.319 e. The number of rotatable bonds is 6. The van der Waals surface area contributed by atoms with E-state index in [1.165, 1.54) is 0 Å². The van der Waals surface area contributed by atoms with Crippen molar-refractivity contribution < 1.29 is 4.79 Å². The molecule has 1 amide bonds. The van der Waals surface area contributed by atoms with Crippen molar-refractivity contribution in [3.8, 4) is 5.95 Å². The average Bonchev–Trinajstić information content (AvgIpc) is 2.92. The molecule has 0 radical (unpaired) electrons. The second-order valence-corrected chi connectivity index (χ2v) is 5.52. The Morgan fingerprint density at radius 3 is 2.55 bits per heavy atom. The molecular weight excluding hydrogens is 280 g/mol. The molecule has 0 saturated carbocycles. The molecule has 7 heteroatoms. The van der Waals surface area contributed by atoms with Crippen molar-refractivity contribution >= 4 is 11.7 Å². The molecule has 0 saturated heterocycles. The summed E-state index contributed by atoms with van der Waals surface area (Å²) in [7, 11) is 1.82. The highest BCUT2D eigenvalue weighted by Gasteiger charge is 2.18. The van der Waals surface area contributed by atoms with Crippen molar-refractivity contribution in [2.75, 3.05) is 18.9 Å². The standard InChI is InChI=1S/C15H22N6O/c1-10(2)12-8-13(19-14(22)11(3)9-16-4)21(20-12)15-17-6-5-7-18-15/h5-8,10-11,16H,9H2,1-4H3,(H,19,22). The Bertz CT molecular complexity index is 622. The van der Waals surface area contributed by atoms with Crippen LogP contribution >= 0.6 is 0 Å². The zero-order valence-electron chi connectivity index (χ0n) is 13.4. The van der Waals surface area contributed by atoms with Crippen LogP contribution < -0.4 is 10.6 Å². The van der Waals surface area contributed by atoms with Gasteiger partial charge in [0, 0.05) is 30.9 Å². The van der Waals surface area contributed by atoms with E-state index in [0.717, 1.165) is 5.69 Å². The maximum absolute atomic E-state index is 12.2. The molecule has 0 aromatic carbocycles. The zero-order chi connectivity index (χ0) is 16.1. The van der Waals surface area contributed by atoms with E-state index in [9.17, 15) is 4.79 Å². The average molecular weight is 302 g/mol. The summed E-state index contributed by atoms with van der Waals surface area (Å²) < 4.78 is 1.57. The summed E-state index contributed by atoms with van der Waals surface area (Å²) in [4.78, 5) is 20.6. The Hall–Kier alpha value is -2.28. The topological polar surface area (TPSA) is 84.7 Å². The molecule has 2 rings (SSSR count). The highest BCUT2D eigenvalue weighted by atomic mass is 16.2. The van der Waals surface area contributed by atoms with E-state index in [1.54, 1.807) is 23.1 Å². The predicted molar refractivity (Wildman–Crippen MR) is 85.0 cm³/mol. The van der Waals surface area contributed by atoms with Gasteiger partial charge >= 0.3 is 0 Å². The Morgan fingerprint density at radius 2 is 1.95 bits per heavy atom. The number of amides is 1. The van der Waals surface area contributed by atoms with Crippen LogP contribution in [0.1, 0.15) is 32.4 Å². The summed E-state index contributed by atoms with van der Waals surface area (Å²) >= 11 is 0. The van der Waals surface area contributed by atoms with Gasteiger partial charge in [0.05, 0.1) is 5.69 Å². The van der Waals surface area contributed by atoms with Crippen LogP contribution in [0.15, 0.2) is 24.5 Å². The van der Waals surface area contributed by atoms with Crippen LogP contribution in [0.5, 0.6) is 0 Å². The van der Waals surface area contributed by atoms with Gasteiger partial charge in [-0.3, -0.25) is 4.79 Å². The molecule has 2 aromatic heterocycles. The van der Waals surface area contributed by atoms with Crippen molar-refractivity contribution in [3.63, 3.8) is 0 Å². The molecule has 0 spiro atoms. The molecule has 0 aliphatic carbocycles. The summed E-state index contributed by atoms with van der Waals surface area (Å²) in [5.74, 6) is 1.05. The summed E-state index contributed by atoms with van der Waals surface area (Å²) in [5, 5.41) is 10.4. The SMILES string of the molecule is CNCC(C)C(=O)Nc1cc(C(C)C)nn1-c1ncccn1. The first-order valence-corrected chi connectivity index (χ1v) is 7.35. The molecule has 2 aromatic rings. The van der Waals surface area contributed by atoms with Gasteiger partial charge in [-0.05, 0) is 19.0 Å². The van der Waals surface area contributed by atoms with Crippen LogP contribution in [0.25, 0.3) is 5.95 Å². The van der Waals surface area contributed by atoms with Gasteiger partial charge < -0.3 is 10.6 Å². The van der Waals surface area contributed by atoms with Crippen molar-refractivity contribution in [2.24, 2.45) is 5.92 Å². The molecule has 0 aliphatic rings. The monoisotopic (exact) mass is 302 g/mol. The van der Waals surface area contributed by atoms with Crippen LogP contribution in [0.2, 0.25) is 0 Å². The lowest BCUT2D eigenvalue weighted by Gasteiger charge is -2.12. The first-order valence-electron chi connectivity index (χ1n) is 7.35. The van der Waals surface area contributed by atoms with E-state index in [0.29, 0.717) is 18.3 Å². The predicted octanol–water partition coefficient (Wildman–Crippen LogP) is 1.58. The number of hydrogen-bond donors (Lipinski definition) is 2. The molecule has 7 nitrogen and oxygen atoms in total. The van der Waals surface area contributed by atoms with Crippen molar-refractivity contribution in [2.45, 2.75) is 26.7 Å². The minimum atomic E-state index is -0.146. The van der Waals surface area contributed by atoms with E-state index < -0.39 is 0 Å². The van der Waals surface area contributed by atoms with Gasteiger partial charge in [-0.2, -0.15) is 9.78 Å². The first kappa shape index (κ1) is 16.1. The third-order valence-corrected chi connectivity index (χ3v) is 3.27. The lowest BCUT2D eigenvalue weighted by molar-refractivity contribution is -0.119. The maximum atomic E-state index is 12.2. The van der Waals surface area contributed by atoms with Crippen molar-refractivity contribution in [1.29, 1.82) is 0 Å². The van der Waals surface area contributed by atoms with E-state index in [1.807, 2.05) is 33.9 Å². The molecule has 0 aliphatic heterocycles. The lowest BCUT2D eigenvalue weighted by Crippen LogP contribution is -2.29. The second kappa shape index (κ2) is 7.13. The van der Waals surface area contributed by atoms with Crippen LogP contribution in [0, 0.1) is 5.92 Å². The van der Waals surface area contributed by atoms with Gasteiger partial charge in [0.1, 0.15) is 5.82 Å². The van der Waals surface area contributed by atoms with Gasteiger partial charge in [0.15, 0.2) is 0 Å². The summed E-state index contributed by atoms with van der Waals surface area (Å²) in [5.41, 5.74) is 0.879. The summed E-state index contributed by atoms with van der Waals surface area (Å²) in [6, 6.07) is 3.61. The fourth-order valence-corrected chi connectivity index (χ4v) is 1.97. The third kappa shape index (κ3) is 3.67. The highest BCUT2D eigenvalue weighted by Crippen LogP contribution is 2.20. The number of carbonyl (C=O) groups excluding carboxylic acids is 1. The lowest BCUT2D eigenvalue weighted by atomic mass is 10.1. The molecule has 2 heterocycles. The maximum Gasteiger partial charge on any atom is 0.252 e. The number of aromatic nitrogens is 4. The Labute approximate surface area is 130 Å². The molecule has 1 unspecified atom stereocenters. The van der Waals surface area contributed by atoms with Crippen molar-refractivity contribution in [1.82, 2.24) is 25.1 Å². The molecule has 0 bridgehead atoms.